The monoisotopic (exact) mass is 226 g/mol. The maximum atomic E-state index is 13.2. The van der Waals surface area contributed by atoms with Crippen LogP contribution >= 0.6 is 0 Å². The van der Waals surface area contributed by atoms with E-state index in [4.69, 9.17) is 0 Å². The highest BCUT2D eigenvalue weighted by Gasteiger charge is 2.50. The molecule has 1 atom stereocenters. The highest BCUT2D eigenvalue weighted by Crippen LogP contribution is 2.37. The number of hydrogen-bond donors (Lipinski definition) is 2. The molecule has 7 heteroatoms. The second-order valence-electron chi connectivity index (χ2n) is 3.47. The molecule has 16 heavy (non-hydrogen) atoms. The number of nitrogens with zero attached hydrogens (tertiary/aromatic N) is 1. The molecule has 1 aromatic carbocycles. The van der Waals surface area contributed by atoms with E-state index in [2.05, 4.69) is 5.32 Å². The first-order valence-corrected chi connectivity index (χ1v) is 4.40. The molecule has 0 spiro atoms. The van der Waals surface area contributed by atoms with E-state index in [-0.39, 0.29) is 11.3 Å². The molecule has 1 aliphatic rings. The van der Waals surface area contributed by atoms with Gasteiger partial charge < -0.3 is 10.4 Å². The third-order valence-corrected chi connectivity index (χ3v) is 2.43. The number of carbonyl (C=O) groups excluding carboxylic acids is 1. The van der Waals surface area contributed by atoms with Crippen molar-refractivity contribution in [2.75, 3.05) is 11.9 Å². The molecule has 1 heterocycles. The molecule has 0 unspecified atom stereocenters. The van der Waals surface area contributed by atoms with Crippen LogP contribution in [0.25, 0.3) is 0 Å². The molecule has 1 amide bonds. The summed E-state index contributed by atoms with van der Waals surface area (Å²) in [7, 11) is 0. The van der Waals surface area contributed by atoms with Gasteiger partial charge in [-0.25, -0.2) is 4.39 Å². The van der Waals surface area contributed by atoms with Crippen LogP contribution in [0.4, 0.5) is 10.1 Å². The van der Waals surface area contributed by atoms with E-state index in [0.29, 0.717) is 0 Å². The van der Waals surface area contributed by atoms with Gasteiger partial charge in [0, 0.05) is 10.5 Å². The summed E-state index contributed by atoms with van der Waals surface area (Å²) in [6.45, 7) is -0.991. The van der Waals surface area contributed by atoms with Crippen LogP contribution in [0.3, 0.4) is 0 Å². The van der Waals surface area contributed by atoms with Crippen molar-refractivity contribution < 1.29 is 19.2 Å². The Kier molecular flexibility index (Phi) is 2.13. The highest BCUT2D eigenvalue weighted by atomic mass is 19.1. The third kappa shape index (κ3) is 1.33. The summed E-state index contributed by atoms with van der Waals surface area (Å²) in [5.74, 6) is -1.71. The molecular formula is C9H7FN2O4. The van der Waals surface area contributed by atoms with E-state index in [9.17, 15) is 24.4 Å². The summed E-state index contributed by atoms with van der Waals surface area (Å²) in [5.41, 5.74) is -2.59. The van der Waals surface area contributed by atoms with E-state index >= 15 is 0 Å². The van der Waals surface area contributed by atoms with E-state index < -0.39 is 28.8 Å². The number of carbonyl (C=O) groups is 1. The fraction of sp³-hybridized carbons (Fsp3) is 0.222. The topological polar surface area (TPSA) is 92.5 Å². The molecule has 0 aromatic heterocycles. The summed E-state index contributed by atoms with van der Waals surface area (Å²) < 4.78 is 13.2. The Morgan fingerprint density at radius 2 is 2.25 bits per heavy atom. The Morgan fingerprint density at radius 1 is 1.56 bits per heavy atom. The SMILES string of the molecule is O=C1Nc2c(F)cccc2[C@]1(O)C[N+](=O)[O-]. The lowest BCUT2D eigenvalue weighted by molar-refractivity contribution is -0.498. The van der Waals surface area contributed by atoms with Crippen LogP contribution in [-0.4, -0.2) is 22.5 Å². The Bertz CT molecular complexity index is 490. The molecule has 6 nitrogen and oxygen atoms in total. The molecule has 0 radical (unpaired) electrons. The summed E-state index contributed by atoms with van der Waals surface area (Å²) in [6.07, 6.45) is 0. The van der Waals surface area contributed by atoms with Gasteiger partial charge in [-0.3, -0.25) is 14.9 Å². The average molecular weight is 226 g/mol. The van der Waals surface area contributed by atoms with Gasteiger partial charge in [-0.2, -0.15) is 0 Å². The molecule has 2 rings (SSSR count). The normalized spacial score (nSPS) is 22.8. The van der Waals surface area contributed by atoms with Gasteiger partial charge in [-0.1, -0.05) is 12.1 Å². The predicted octanol–water partition coefficient (Wildman–Crippen LogP) is 0.242. The number of nitrogens with one attached hydrogen (secondary N) is 1. The first-order valence-electron chi connectivity index (χ1n) is 4.40. The van der Waals surface area contributed by atoms with Crippen molar-refractivity contribution >= 4 is 11.6 Å². The number of rotatable bonds is 2. The summed E-state index contributed by atoms with van der Waals surface area (Å²) in [6, 6.07) is 3.65. The summed E-state index contributed by atoms with van der Waals surface area (Å²) >= 11 is 0. The Morgan fingerprint density at radius 3 is 2.88 bits per heavy atom. The van der Waals surface area contributed by atoms with Crippen molar-refractivity contribution in [1.29, 1.82) is 0 Å². The smallest absolute Gasteiger partial charge is 0.268 e. The van der Waals surface area contributed by atoms with Crippen molar-refractivity contribution in [3.8, 4) is 0 Å². The van der Waals surface area contributed by atoms with Crippen LogP contribution in [0.5, 0.6) is 0 Å². The van der Waals surface area contributed by atoms with Crippen molar-refractivity contribution in [3.63, 3.8) is 0 Å². The van der Waals surface area contributed by atoms with E-state index in [1.54, 1.807) is 0 Å². The Hall–Kier alpha value is -2.02. The van der Waals surface area contributed by atoms with Gasteiger partial charge in [0.25, 0.3) is 5.91 Å². The van der Waals surface area contributed by atoms with Gasteiger partial charge in [0.05, 0.1) is 5.69 Å². The fourth-order valence-corrected chi connectivity index (χ4v) is 1.68. The number of anilines is 1. The molecule has 1 aliphatic heterocycles. The predicted molar refractivity (Wildman–Crippen MR) is 50.8 cm³/mol. The van der Waals surface area contributed by atoms with Crippen molar-refractivity contribution in [1.82, 2.24) is 0 Å². The molecule has 1 aromatic rings. The molecule has 0 fully saturated rings. The van der Waals surface area contributed by atoms with Crippen LogP contribution in [0.2, 0.25) is 0 Å². The average Bonchev–Trinajstić information content (AvgIpc) is 2.41. The van der Waals surface area contributed by atoms with Crippen molar-refractivity contribution in [2.45, 2.75) is 5.60 Å². The Labute approximate surface area is 88.8 Å². The maximum absolute atomic E-state index is 13.2. The quantitative estimate of drug-likeness (QED) is 0.558. The minimum absolute atomic E-state index is 0.103. The number of aliphatic hydroxyl groups is 1. The van der Waals surface area contributed by atoms with Gasteiger partial charge in [-0.05, 0) is 6.07 Å². The molecule has 0 aliphatic carbocycles. The number of amides is 1. The zero-order valence-corrected chi connectivity index (χ0v) is 7.94. The van der Waals surface area contributed by atoms with Gasteiger partial charge in [0.15, 0.2) is 0 Å². The molecular weight excluding hydrogens is 219 g/mol. The van der Waals surface area contributed by atoms with Gasteiger partial charge in [0.2, 0.25) is 12.1 Å². The third-order valence-electron chi connectivity index (χ3n) is 2.43. The van der Waals surface area contributed by atoms with Crippen molar-refractivity contribution in [2.24, 2.45) is 0 Å². The first kappa shape index (κ1) is 10.5. The zero-order chi connectivity index (χ0) is 11.9. The largest absolute Gasteiger partial charge is 0.370 e. The number of nitro groups is 1. The number of benzene rings is 1. The van der Waals surface area contributed by atoms with Gasteiger partial charge >= 0.3 is 0 Å². The molecule has 0 saturated carbocycles. The standard InChI is InChI=1S/C9H7FN2O4/c10-6-3-1-2-5-7(6)11-8(13)9(5,14)4-12(15)16/h1-3,14H,4H2,(H,11,13)/t9-/m1/s1. The maximum Gasteiger partial charge on any atom is 0.268 e. The number of halogens is 1. The second-order valence-corrected chi connectivity index (χ2v) is 3.47. The van der Waals surface area contributed by atoms with Crippen LogP contribution in [0, 0.1) is 15.9 Å². The fourth-order valence-electron chi connectivity index (χ4n) is 1.68. The van der Waals surface area contributed by atoms with E-state index in [1.807, 2.05) is 0 Å². The van der Waals surface area contributed by atoms with Crippen molar-refractivity contribution in [3.05, 3.63) is 39.7 Å². The zero-order valence-electron chi connectivity index (χ0n) is 7.94. The lowest BCUT2D eigenvalue weighted by atomic mass is 9.95. The van der Waals surface area contributed by atoms with Gasteiger partial charge in [0.1, 0.15) is 5.82 Å². The number of fused-ring (bicyclic) bond motifs is 1. The van der Waals surface area contributed by atoms with Crippen LogP contribution in [0.1, 0.15) is 5.56 Å². The summed E-state index contributed by atoms with van der Waals surface area (Å²) in [5, 5.41) is 22.4. The molecule has 0 bridgehead atoms. The first-order chi connectivity index (χ1) is 7.45. The lowest BCUT2D eigenvalue weighted by Crippen LogP contribution is -2.40. The van der Waals surface area contributed by atoms with Crippen LogP contribution in [-0.2, 0) is 10.4 Å². The molecule has 84 valence electrons. The number of para-hydroxylation sites is 1. The molecule has 2 N–H and O–H groups in total. The van der Waals surface area contributed by atoms with E-state index in [0.717, 1.165) is 6.07 Å². The Balaban J connectivity index is 2.55. The number of hydrogen-bond acceptors (Lipinski definition) is 4. The van der Waals surface area contributed by atoms with Gasteiger partial charge in [-0.15, -0.1) is 0 Å². The molecule has 0 saturated heterocycles. The second kappa shape index (κ2) is 3.24. The van der Waals surface area contributed by atoms with Crippen LogP contribution < -0.4 is 5.32 Å². The minimum Gasteiger partial charge on any atom is -0.370 e. The minimum atomic E-state index is -2.29. The van der Waals surface area contributed by atoms with E-state index in [1.165, 1.54) is 12.1 Å². The summed E-state index contributed by atoms with van der Waals surface area (Å²) in [4.78, 5) is 21.0. The highest BCUT2D eigenvalue weighted by molar-refractivity contribution is 6.05. The van der Waals surface area contributed by atoms with Crippen LogP contribution in [0.15, 0.2) is 18.2 Å². The lowest BCUT2D eigenvalue weighted by Gasteiger charge is -2.15.